The van der Waals surface area contributed by atoms with Crippen molar-refractivity contribution < 1.29 is 42.8 Å². The maximum Gasteiger partial charge on any atom is 0.345 e. The standard InChI is InChI=1S/C48H52O9P/c1-36(21-23-43(34-49)57-42-30-26-39(53-4)27-31-42)54-47(50)33-32-40(56-41-28-24-38(52-3)25-29-41)22-20-37(2)55-48(51)35-58(44-14-8-5-9-15-44,45-16-10-6-11-17-45)46-18-12-7-13-19-46/h5-19,24-34,36-37,40,43H,20-23,35H2,1-4H3/q+1/b33-32+/t36-,37-,40+,43+/m0/s1. The number of hydrogen-bond acceptors (Lipinski definition) is 9. The van der Waals surface area contributed by atoms with Gasteiger partial charge in [0.2, 0.25) is 0 Å². The molecule has 58 heavy (non-hydrogen) atoms. The highest BCUT2D eigenvalue weighted by Crippen LogP contribution is 2.55. The van der Waals surface area contributed by atoms with Gasteiger partial charge in [-0.25, -0.2) is 9.59 Å². The second kappa shape index (κ2) is 22.1. The van der Waals surface area contributed by atoms with Gasteiger partial charge in [-0.2, -0.15) is 0 Å². The molecule has 0 spiro atoms. The van der Waals surface area contributed by atoms with Crippen molar-refractivity contribution in [3.05, 3.63) is 152 Å². The monoisotopic (exact) mass is 803 g/mol. The molecule has 0 saturated carbocycles. The quantitative estimate of drug-likeness (QED) is 0.0297. The minimum absolute atomic E-state index is 0.201. The number of carbonyl (C=O) groups excluding carboxylic acids is 3. The first kappa shape index (κ1) is 43.2. The van der Waals surface area contributed by atoms with E-state index in [4.69, 9.17) is 28.4 Å². The largest absolute Gasteiger partial charge is 0.497 e. The Morgan fingerprint density at radius 1 is 0.534 bits per heavy atom. The molecule has 5 rings (SSSR count). The molecule has 0 bridgehead atoms. The molecule has 0 saturated heterocycles. The van der Waals surface area contributed by atoms with Crippen molar-refractivity contribution in [2.45, 2.75) is 63.9 Å². The maximum absolute atomic E-state index is 14.0. The summed E-state index contributed by atoms with van der Waals surface area (Å²) in [7, 11) is 0.747. The fraction of sp³-hybridized carbons (Fsp3) is 0.271. The third-order valence-corrected chi connectivity index (χ3v) is 13.9. The van der Waals surface area contributed by atoms with Crippen LogP contribution in [-0.4, -0.2) is 63.0 Å². The zero-order chi connectivity index (χ0) is 41.2. The molecule has 0 aliphatic rings. The number of rotatable bonds is 22. The minimum Gasteiger partial charge on any atom is -0.497 e. The molecule has 0 aliphatic heterocycles. The van der Waals surface area contributed by atoms with E-state index in [1.165, 1.54) is 6.08 Å². The Labute approximate surface area is 342 Å². The Hall–Kier alpha value is -5.92. The summed E-state index contributed by atoms with van der Waals surface area (Å²) < 4.78 is 34.3. The van der Waals surface area contributed by atoms with Crippen LogP contribution in [0.15, 0.2) is 152 Å². The first-order chi connectivity index (χ1) is 28.2. The Morgan fingerprint density at radius 3 is 1.36 bits per heavy atom. The van der Waals surface area contributed by atoms with Crippen LogP contribution in [0, 0.1) is 0 Å². The van der Waals surface area contributed by atoms with Gasteiger partial charge in [-0.3, -0.25) is 4.79 Å². The lowest BCUT2D eigenvalue weighted by Gasteiger charge is -2.27. The zero-order valence-corrected chi connectivity index (χ0v) is 34.4. The summed E-state index contributed by atoms with van der Waals surface area (Å²) >= 11 is 0. The van der Waals surface area contributed by atoms with Crippen molar-refractivity contribution in [3.63, 3.8) is 0 Å². The van der Waals surface area contributed by atoms with E-state index >= 15 is 0 Å². The van der Waals surface area contributed by atoms with Crippen LogP contribution >= 0.6 is 7.26 Å². The maximum atomic E-state index is 14.0. The van der Waals surface area contributed by atoms with Crippen molar-refractivity contribution in [1.82, 2.24) is 0 Å². The zero-order valence-electron chi connectivity index (χ0n) is 33.5. The van der Waals surface area contributed by atoms with Gasteiger partial charge in [-0.05, 0) is 131 Å². The Morgan fingerprint density at radius 2 is 0.931 bits per heavy atom. The smallest absolute Gasteiger partial charge is 0.345 e. The summed E-state index contributed by atoms with van der Waals surface area (Å²) in [5.74, 6) is 1.66. The molecule has 0 amide bonds. The van der Waals surface area contributed by atoms with Gasteiger partial charge < -0.3 is 28.4 Å². The molecule has 5 aromatic carbocycles. The predicted octanol–water partition coefficient (Wildman–Crippen LogP) is 8.07. The van der Waals surface area contributed by atoms with Gasteiger partial charge in [-0.1, -0.05) is 54.6 Å². The Kier molecular flexibility index (Phi) is 16.5. The van der Waals surface area contributed by atoms with Crippen molar-refractivity contribution >= 4 is 41.4 Å². The molecule has 0 heterocycles. The number of hydrogen-bond donors (Lipinski definition) is 0. The van der Waals surface area contributed by atoms with Crippen molar-refractivity contribution in [2.75, 3.05) is 20.4 Å². The number of ether oxygens (including phenoxy) is 6. The van der Waals surface area contributed by atoms with Crippen LogP contribution in [0.1, 0.15) is 39.5 Å². The van der Waals surface area contributed by atoms with E-state index in [1.807, 2.05) is 61.5 Å². The normalized spacial score (nSPS) is 13.4. The van der Waals surface area contributed by atoms with Crippen LogP contribution in [0.5, 0.6) is 23.0 Å². The van der Waals surface area contributed by atoms with E-state index in [0.29, 0.717) is 48.7 Å². The van der Waals surface area contributed by atoms with Crippen LogP contribution in [0.2, 0.25) is 0 Å². The average Bonchev–Trinajstić information content (AvgIpc) is 3.26. The molecule has 0 N–H and O–H groups in total. The lowest BCUT2D eigenvalue weighted by molar-refractivity contribution is -0.145. The number of esters is 2. The first-order valence-corrected chi connectivity index (χ1v) is 21.4. The van der Waals surface area contributed by atoms with E-state index in [9.17, 15) is 14.4 Å². The van der Waals surface area contributed by atoms with Gasteiger partial charge in [0.15, 0.2) is 18.6 Å². The molecule has 0 unspecified atom stereocenters. The Bertz CT molecular complexity index is 1920. The van der Waals surface area contributed by atoms with E-state index in [1.54, 1.807) is 75.8 Å². The topological polar surface area (TPSA) is 107 Å². The molecule has 0 fully saturated rings. The summed E-state index contributed by atoms with van der Waals surface area (Å²) in [5, 5.41) is 3.30. The van der Waals surface area contributed by atoms with Crippen LogP contribution in [0.3, 0.4) is 0 Å². The van der Waals surface area contributed by atoms with Gasteiger partial charge in [0.05, 0.1) is 26.4 Å². The molecule has 0 radical (unpaired) electrons. The first-order valence-electron chi connectivity index (χ1n) is 19.4. The Balaban J connectivity index is 1.22. The molecule has 302 valence electrons. The number of aldehydes is 1. The van der Waals surface area contributed by atoms with E-state index < -0.39 is 37.6 Å². The molecule has 5 aromatic rings. The fourth-order valence-corrected chi connectivity index (χ4v) is 10.5. The van der Waals surface area contributed by atoms with Gasteiger partial charge in [0.1, 0.15) is 52.3 Å². The van der Waals surface area contributed by atoms with Crippen LogP contribution < -0.4 is 34.9 Å². The highest BCUT2D eigenvalue weighted by Gasteiger charge is 2.48. The molecule has 0 aromatic heterocycles. The van der Waals surface area contributed by atoms with Crippen molar-refractivity contribution in [3.8, 4) is 23.0 Å². The average molecular weight is 804 g/mol. The van der Waals surface area contributed by atoms with E-state index in [0.717, 1.165) is 22.2 Å². The molecular weight excluding hydrogens is 751 g/mol. The minimum atomic E-state index is -2.42. The van der Waals surface area contributed by atoms with Gasteiger partial charge in [0, 0.05) is 6.08 Å². The van der Waals surface area contributed by atoms with E-state index in [-0.39, 0.29) is 12.1 Å². The summed E-state index contributed by atoms with van der Waals surface area (Å²) in [6.45, 7) is 3.65. The van der Waals surface area contributed by atoms with Gasteiger partial charge in [0.25, 0.3) is 0 Å². The molecule has 4 atom stereocenters. The summed E-state index contributed by atoms with van der Waals surface area (Å²) in [4.78, 5) is 38.7. The third-order valence-electron chi connectivity index (χ3n) is 9.62. The molecule has 0 aliphatic carbocycles. The summed E-state index contributed by atoms with van der Waals surface area (Å²) in [6.07, 6.45) is 3.48. The second-order valence-corrected chi connectivity index (χ2v) is 17.3. The lowest BCUT2D eigenvalue weighted by atomic mass is 10.1. The van der Waals surface area contributed by atoms with Crippen LogP contribution in [0.4, 0.5) is 0 Å². The summed E-state index contributed by atoms with van der Waals surface area (Å²) in [6, 6.07) is 44.8. The molecule has 9 nitrogen and oxygen atoms in total. The van der Waals surface area contributed by atoms with Crippen LogP contribution in [-0.2, 0) is 23.9 Å². The number of methoxy groups -OCH3 is 2. The van der Waals surface area contributed by atoms with Gasteiger partial charge in [-0.15, -0.1) is 0 Å². The van der Waals surface area contributed by atoms with Crippen molar-refractivity contribution in [1.29, 1.82) is 0 Å². The lowest BCUT2D eigenvalue weighted by Crippen LogP contribution is -2.37. The number of carbonyl (C=O) groups is 3. The summed E-state index contributed by atoms with van der Waals surface area (Å²) in [5.41, 5.74) is 0. The predicted molar refractivity (Wildman–Crippen MR) is 230 cm³/mol. The SMILES string of the molecule is COc1ccc(O[C@@H](C=O)CC[C@H](C)OC(=O)/C=C/[C@@H](CC[C@H](C)OC(=O)C[P+](c2ccccc2)(c2ccccc2)c2ccccc2)Oc2ccc(OC)cc2)cc1. The fourth-order valence-electron chi connectivity index (χ4n) is 6.57. The van der Waals surface area contributed by atoms with Gasteiger partial charge >= 0.3 is 11.9 Å². The number of benzene rings is 5. The van der Waals surface area contributed by atoms with E-state index in [2.05, 4.69) is 36.4 Å². The molecule has 10 heteroatoms. The highest BCUT2D eigenvalue weighted by atomic mass is 31.2. The second-order valence-electron chi connectivity index (χ2n) is 13.8. The molecular formula is C48H52O9P+. The third kappa shape index (κ3) is 12.5. The van der Waals surface area contributed by atoms with Crippen molar-refractivity contribution in [2.24, 2.45) is 0 Å². The van der Waals surface area contributed by atoms with Crippen LogP contribution in [0.25, 0.3) is 0 Å². The highest BCUT2D eigenvalue weighted by molar-refractivity contribution is 7.96.